The fourth-order valence-corrected chi connectivity index (χ4v) is 2.73. The summed E-state index contributed by atoms with van der Waals surface area (Å²) in [5.41, 5.74) is -0.467. The first-order chi connectivity index (χ1) is 11.8. The monoisotopic (exact) mass is 351 g/mol. The topological polar surface area (TPSA) is 91.4 Å². The number of ether oxygens (including phenoxy) is 1. The van der Waals surface area contributed by atoms with E-state index in [0.29, 0.717) is 30.9 Å². The molecule has 0 aliphatic rings. The zero-order chi connectivity index (χ0) is 18.7. The normalized spacial score (nSPS) is 11.4. The molecule has 2 aromatic rings. The van der Waals surface area contributed by atoms with Gasteiger partial charge in [-0.15, -0.1) is 0 Å². The highest BCUT2D eigenvalue weighted by molar-refractivity contribution is 5.76. The Morgan fingerprint density at radius 2 is 2.00 bits per heavy atom. The van der Waals surface area contributed by atoms with Crippen molar-refractivity contribution in [2.24, 2.45) is 20.0 Å². The molecule has 0 N–H and O–H groups in total. The van der Waals surface area contributed by atoms with E-state index in [1.165, 1.54) is 17.9 Å². The largest absolute Gasteiger partial charge is 0.383 e. The van der Waals surface area contributed by atoms with Crippen LogP contribution in [0, 0.1) is 5.92 Å². The Hall–Kier alpha value is -2.42. The highest BCUT2D eigenvalue weighted by atomic mass is 16.5. The number of amides is 1. The Balaban J connectivity index is 2.41. The van der Waals surface area contributed by atoms with Crippen LogP contribution in [0.2, 0.25) is 0 Å². The average molecular weight is 351 g/mol. The molecule has 0 aliphatic heterocycles. The molecule has 0 saturated heterocycles. The van der Waals surface area contributed by atoms with Crippen molar-refractivity contribution in [3.8, 4) is 0 Å². The molecule has 0 bridgehead atoms. The third-order valence-electron chi connectivity index (χ3n) is 4.00. The lowest BCUT2D eigenvalue weighted by Crippen LogP contribution is -2.46. The molecule has 2 aromatic heterocycles. The number of hydrogen-bond donors (Lipinski definition) is 0. The number of carbonyl (C=O) groups is 1. The minimum atomic E-state index is -0.555. The number of methoxy groups -OCH3 is 1. The molecule has 0 saturated carbocycles. The van der Waals surface area contributed by atoms with E-state index in [-0.39, 0.29) is 18.4 Å². The van der Waals surface area contributed by atoms with E-state index in [2.05, 4.69) is 4.98 Å². The van der Waals surface area contributed by atoms with Gasteiger partial charge in [-0.1, -0.05) is 13.8 Å². The first-order valence-electron chi connectivity index (χ1n) is 8.15. The van der Waals surface area contributed by atoms with Crippen LogP contribution in [0.1, 0.15) is 13.8 Å². The van der Waals surface area contributed by atoms with Crippen LogP contribution >= 0.6 is 0 Å². The Bertz CT molecular complexity index is 877. The molecule has 9 nitrogen and oxygen atoms in total. The van der Waals surface area contributed by atoms with Gasteiger partial charge in [-0.05, 0) is 5.92 Å². The summed E-state index contributed by atoms with van der Waals surface area (Å²) in [6.45, 7) is 5.04. The fourth-order valence-electron chi connectivity index (χ4n) is 2.73. The number of hydrogen-bond acceptors (Lipinski definition) is 5. The summed E-state index contributed by atoms with van der Waals surface area (Å²) in [4.78, 5) is 43.5. The number of carbonyl (C=O) groups excluding carboxylic acids is 1. The molecule has 0 radical (unpaired) electrons. The Kier molecular flexibility index (Phi) is 5.78. The predicted octanol–water partition coefficient (Wildman–Crippen LogP) is -0.435. The number of nitrogens with zero attached hydrogens (tertiary/aromatic N) is 5. The lowest BCUT2D eigenvalue weighted by molar-refractivity contribution is -0.133. The van der Waals surface area contributed by atoms with Crippen LogP contribution in [0.25, 0.3) is 11.2 Å². The van der Waals surface area contributed by atoms with Gasteiger partial charge in [0.2, 0.25) is 5.91 Å². The van der Waals surface area contributed by atoms with Gasteiger partial charge < -0.3 is 14.2 Å². The lowest BCUT2D eigenvalue weighted by Gasteiger charge is -2.24. The summed E-state index contributed by atoms with van der Waals surface area (Å²) < 4.78 is 8.84. The van der Waals surface area contributed by atoms with E-state index >= 15 is 0 Å². The summed E-state index contributed by atoms with van der Waals surface area (Å²) in [5.74, 6) is -0.0219. The van der Waals surface area contributed by atoms with Crippen LogP contribution in [0.15, 0.2) is 15.9 Å². The lowest BCUT2D eigenvalue weighted by atomic mass is 10.2. The van der Waals surface area contributed by atoms with Crippen LogP contribution in [0.4, 0.5) is 0 Å². The SMILES string of the molecule is COCCN(CC(C)C)C(=O)Cn1c(=O)c2c(ncn2C)n(C)c1=O. The maximum absolute atomic E-state index is 12.7. The molecule has 0 unspecified atom stereocenters. The summed E-state index contributed by atoms with van der Waals surface area (Å²) in [6.07, 6.45) is 1.47. The molecule has 0 fully saturated rings. The Morgan fingerprint density at radius 1 is 1.32 bits per heavy atom. The second kappa shape index (κ2) is 7.64. The van der Waals surface area contributed by atoms with Gasteiger partial charge in [-0.2, -0.15) is 0 Å². The minimum Gasteiger partial charge on any atom is -0.383 e. The number of fused-ring (bicyclic) bond motifs is 1. The average Bonchev–Trinajstić information content (AvgIpc) is 2.94. The maximum atomic E-state index is 12.7. The van der Waals surface area contributed by atoms with Crippen LogP contribution in [-0.2, 0) is 30.2 Å². The van der Waals surface area contributed by atoms with Gasteiger partial charge in [-0.3, -0.25) is 14.2 Å². The molecule has 0 aliphatic carbocycles. The number of imidazole rings is 1. The standard InChI is InChI=1S/C16H25N5O4/c1-11(2)8-20(6-7-25-5)12(22)9-21-15(23)13-14(17-10-18(13)3)19(4)16(21)24/h10-11H,6-9H2,1-5H3. The van der Waals surface area contributed by atoms with Crippen LogP contribution in [0.5, 0.6) is 0 Å². The molecule has 25 heavy (non-hydrogen) atoms. The van der Waals surface area contributed by atoms with Gasteiger partial charge in [0.05, 0.1) is 12.9 Å². The van der Waals surface area contributed by atoms with Crippen molar-refractivity contribution in [3.63, 3.8) is 0 Å². The molecule has 2 heterocycles. The van der Waals surface area contributed by atoms with E-state index in [1.807, 2.05) is 13.8 Å². The molecule has 138 valence electrons. The van der Waals surface area contributed by atoms with Crippen LogP contribution in [-0.4, -0.2) is 56.3 Å². The van der Waals surface area contributed by atoms with Gasteiger partial charge in [0.1, 0.15) is 6.54 Å². The summed E-state index contributed by atoms with van der Waals surface area (Å²) in [5, 5.41) is 0. The van der Waals surface area contributed by atoms with Gasteiger partial charge in [0.15, 0.2) is 11.2 Å². The molecule has 1 amide bonds. The number of aromatic nitrogens is 4. The van der Waals surface area contributed by atoms with E-state index in [9.17, 15) is 14.4 Å². The number of rotatable bonds is 7. The van der Waals surface area contributed by atoms with Crippen LogP contribution < -0.4 is 11.2 Å². The third-order valence-corrected chi connectivity index (χ3v) is 4.00. The van der Waals surface area contributed by atoms with E-state index in [4.69, 9.17) is 4.74 Å². The van der Waals surface area contributed by atoms with Gasteiger partial charge in [0.25, 0.3) is 5.56 Å². The highest BCUT2D eigenvalue weighted by Gasteiger charge is 2.20. The zero-order valence-electron chi connectivity index (χ0n) is 15.4. The number of aryl methyl sites for hydroxylation is 2. The van der Waals surface area contributed by atoms with E-state index in [0.717, 1.165) is 4.57 Å². The van der Waals surface area contributed by atoms with Crippen molar-refractivity contribution < 1.29 is 9.53 Å². The Morgan fingerprint density at radius 3 is 2.60 bits per heavy atom. The fraction of sp³-hybridized carbons (Fsp3) is 0.625. The molecule has 2 rings (SSSR count). The second-order valence-electron chi connectivity index (χ2n) is 6.49. The van der Waals surface area contributed by atoms with Crippen molar-refractivity contribution in [2.75, 3.05) is 26.8 Å². The predicted molar refractivity (Wildman–Crippen MR) is 93.5 cm³/mol. The molecule has 0 atom stereocenters. The van der Waals surface area contributed by atoms with Crippen LogP contribution in [0.3, 0.4) is 0 Å². The molecule has 9 heteroatoms. The maximum Gasteiger partial charge on any atom is 0.332 e. The zero-order valence-corrected chi connectivity index (χ0v) is 15.4. The highest BCUT2D eigenvalue weighted by Crippen LogP contribution is 2.04. The van der Waals surface area contributed by atoms with E-state index in [1.54, 1.807) is 23.6 Å². The van der Waals surface area contributed by atoms with Crippen molar-refractivity contribution in [3.05, 3.63) is 27.2 Å². The quantitative estimate of drug-likeness (QED) is 0.675. The van der Waals surface area contributed by atoms with Gasteiger partial charge in [0, 0.05) is 34.3 Å². The Labute approximate surface area is 145 Å². The molecular weight excluding hydrogens is 326 g/mol. The molecular formula is C16H25N5O4. The summed E-state index contributed by atoms with van der Waals surface area (Å²) >= 11 is 0. The van der Waals surface area contributed by atoms with Crippen molar-refractivity contribution in [1.82, 2.24) is 23.6 Å². The summed E-state index contributed by atoms with van der Waals surface area (Å²) in [7, 11) is 4.78. The van der Waals surface area contributed by atoms with E-state index < -0.39 is 11.2 Å². The molecule has 0 spiro atoms. The third kappa shape index (κ3) is 3.81. The first-order valence-corrected chi connectivity index (χ1v) is 8.15. The van der Waals surface area contributed by atoms with Crippen molar-refractivity contribution in [1.29, 1.82) is 0 Å². The minimum absolute atomic E-state index is 0.264. The van der Waals surface area contributed by atoms with Gasteiger partial charge in [-0.25, -0.2) is 14.3 Å². The summed E-state index contributed by atoms with van der Waals surface area (Å²) in [6, 6.07) is 0. The first kappa shape index (κ1) is 18.9. The smallest absolute Gasteiger partial charge is 0.332 e. The van der Waals surface area contributed by atoms with Crippen molar-refractivity contribution >= 4 is 17.1 Å². The second-order valence-corrected chi connectivity index (χ2v) is 6.49. The van der Waals surface area contributed by atoms with Gasteiger partial charge >= 0.3 is 5.69 Å². The molecule has 0 aromatic carbocycles. The van der Waals surface area contributed by atoms with Crippen molar-refractivity contribution in [2.45, 2.75) is 20.4 Å².